The van der Waals surface area contributed by atoms with Crippen molar-refractivity contribution in [2.75, 3.05) is 11.9 Å². The van der Waals surface area contributed by atoms with Crippen molar-refractivity contribution < 1.29 is 4.79 Å². The number of hydrogen-bond donors (Lipinski definition) is 2. The first-order valence-electron chi connectivity index (χ1n) is 8.04. The lowest BCUT2D eigenvalue weighted by Gasteiger charge is -2.21. The Morgan fingerprint density at radius 1 is 1.05 bits per heavy atom. The lowest BCUT2D eigenvalue weighted by atomic mass is 9.97. The standard InChI is InChI=1S/C19H20N2O/c22-19(17-7-3-9-18-16(17)8-4-10-20-18)21-15-11-13-5-1-2-6-14(13)12-15/h1-3,5-7,9,15,20H,4,8,10-12H2,(H,21,22). The molecule has 3 heteroatoms. The molecule has 1 aliphatic heterocycles. The highest BCUT2D eigenvalue weighted by atomic mass is 16.1. The Morgan fingerprint density at radius 2 is 1.82 bits per heavy atom. The molecule has 112 valence electrons. The maximum atomic E-state index is 12.7. The van der Waals surface area contributed by atoms with Crippen LogP contribution < -0.4 is 10.6 Å². The summed E-state index contributed by atoms with van der Waals surface area (Å²) in [5.74, 6) is 0.0679. The Hall–Kier alpha value is -2.29. The minimum atomic E-state index is 0.0679. The van der Waals surface area contributed by atoms with Crippen LogP contribution in [0, 0.1) is 0 Å². The summed E-state index contributed by atoms with van der Waals surface area (Å²) in [4.78, 5) is 12.7. The van der Waals surface area contributed by atoms with Crippen LogP contribution in [0.4, 0.5) is 5.69 Å². The number of anilines is 1. The van der Waals surface area contributed by atoms with Gasteiger partial charge in [-0.25, -0.2) is 0 Å². The molecular weight excluding hydrogens is 272 g/mol. The molecule has 0 spiro atoms. The zero-order chi connectivity index (χ0) is 14.9. The van der Waals surface area contributed by atoms with Crippen molar-refractivity contribution in [3.05, 3.63) is 64.7 Å². The maximum absolute atomic E-state index is 12.7. The zero-order valence-electron chi connectivity index (χ0n) is 12.6. The Kier molecular flexibility index (Phi) is 3.34. The molecular formula is C19H20N2O. The molecule has 1 amide bonds. The Morgan fingerprint density at radius 3 is 2.59 bits per heavy atom. The first-order chi connectivity index (χ1) is 10.8. The highest BCUT2D eigenvalue weighted by Crippen LogP contribution is 2.26. The summed E-state index contributed by atoms with van der Waals surface area (Å²) in [7, 11) is 0. The zero-order valence-corrected chi connectivity index (χ0v) is 12.6. The number of fused-ring (bicyclic) bond motifs is 2. The van der Waals surface area contributed by atoms with Crippen molar-refractivity contribution in [3.63, 3.8) is 0 Å². The second kappa shape index (κ2) is 5.48. The molecule has 0 saturated heterocycles. The van der Waals surface area contributed by atoms with Gasteiger partial charge in [0.1, 0.15) is 0 Å². The molecule has 2 aromatic rings. The van der Waals surface area contributed by atoms with Crippen LogP contribution >= 0.6 is 0 Å². The van der Waals surface area contributed by atoms with Gasteiger partial charge in [0.05, 0.1) is 0 Å². The molecule has 1 aliphatic carbocycles. The minimum Gasteiger partial charge on any atom is -0.385 e. The van der Waals surface area contributed by atoms with Crippen molar-refractivity contribution >= 4 is 11.6 Å². The van der Waals surface area contributed by atoms with Crippen LogP contribution in [0.15, 0.2) is 42.5 Å². The Bertz CT molecular complexity index is 698. The summed E-state index contributed by atoms with van der Waals surface area (Å²) in [5.41, 5.74) is 5.85. The first-order valence-corrected chi connectivity index (χ1v) is 8.04. The highest BCUT2D eigenvalue weighted by Gasteiger charge is 2.24. The van der Waals surface area contributed by atoms with E-state index in [2.05, 4.69) is 41.0 Å². The first kappa shape index (κ1) is 13.4. The molecule has 0 atom stereocenters. The molecule has 4 rings (SSSR count). The fraction of sp³-hybridized carbons (Fsp3) is 0.316. The summed E-state index contributed by atoms with van der Waals surface area (Å²) >= 11 is 0. The van der Waals surface area contributed by atoms with E-state index in [-0.39, 0.29) is 11.9 Å². The van der Waals surface area contributed by atoms with E-state index in [0.717, 1.165) is 43.5 Å². The van der Waals surface area contributed by atoms with Gasteiger partial charge in [-0.05, 0) is 54.5 Å². The van der Waals surface area contributed by atoms with Gasteiger partial charge in [0.2, 0.25) is 0 Å². The van der Waals surface area contributed by atoms with Crippen molar-refractivity contribution in [2.24, 2.45) is 0 Å². The van der Waals surface area contributed by atoms with E-state index >= 15 is 0 Å². The van der Waals surface area contributed by atoms with Crippen LogP contribution in [0.5, 0.6) is 0 Å². The molecule has 2 aromatic carbocycles. The quantitative estimate of drug-likeness (QED) is 0.893. The second-order valence-corrected chi connectivity index (χ2v) is 6.21. The fourth-order valence-electron chi connectivity index (χ4n) is 3.65. The van der Waals surface area contributed by atoms with Gasteiger partial charge >= 0.3 is 0 Å². The predicted octanol–water partition coefficient (Wildman–Crippen LogP) is 2.94. The van der Waals surface area contributed by atoms with Gasteiger partial charge in [0.25, 0.3) is 5.91 Å². The van der Waals surface area contributed by atoms with E-state index in [1.807, 2.05) is 12.1 Å². The number of hydrogen-bond acceptors (Lipinski definition) is 2. The molecule has 0 bridgehead atoms. The number of rotatable bonds is 2. The molecule has 2 N–H and O–H groups in total. The number of carbonyl (C=O) groups excluding carboxylic acids is 1. The van der Waals surface area contributed by atoms with Crippen LogP contribution in [-0.4, -0.2) is 18.5 Å². The van der Waals surface area contributed by atoms with Gasteiger partial charge < -0.3 is 10.6 Å². The van der Waals surface area contributed by atoms with Crippen LogP contribution in [-0.2, 0) is 19.3 Å². The lowest BCUT2D eigenvalue weighted by Crippen LogP contribution is -2.36. The van der Waals surface area contributed by atoms with E-state index in [1.54, 1.807) is 0 Å². The van der Waals surface area contributed by atoms with Crippen LogP contribution in [0.2, 0.25) is 0 Å². The summed E-state index contributed by atoms with van der Waals surface area (Å²) < 4.78 is 0. The monoisotopic (exact) mass is 292 g/mol. The third kappa shape index (κ3) is 2.37. The molecule has 2 aliphatic rings. The van der Waals surface area contributed by atoms with E-state index in [1.165, 1.54) is 16.7 Å². The van der Waals surface area contributed by atoms with Gasteiger partial charge in [0, 0.05) is 23.8 Å². The molecule has 0 unspecified atom stereocenters. The van der Waals surface area contributed by atoms with E-state index in [4.69, 9.17) is 0 Å². The average molecular weight is 292 g/mol. The number of benzene rings is 2. The topological polar surface area (TPSA) is 41.1 Å². The van der Waals surface area contributed by atoms with Crippen LogP contribution in [0.3, 0.4) is 0 Å². The average Bonchev–Trinajstić information content (AvgIpc) is 2.96. The van der Waals surface area contributed by atoms with Crippen molar-refractivity contribution in [3.8, 4) is 0 Å². The molecule has 3 nitrogen and oxygen atoms in total. The van der Waals surface area contributed by atoms with Gasteiger partial charge in [-0.3, -0.25) is 4.79 Å². The smallest absolute Gasteiger partial charge is 0.251 e. The van der Waals surface area contributed by atoms with Crippen molar-refractivity contribution in [2.45, 2.75) is 31.7 Å². The van der Waals surface area contributed by atoms with E-state index in [9.17, 15) is 4.79 Å². The molecule has 0 aromatic heterocycles. The number of nitrogens with one attached hydrogen (secondary N) is 2. The fourth-order valence-corrected chi connectivity index (χ4v) is 3.65. The van der Waals surface area contributed by atoms with Gasteiger partial charge in [-0.1, -0.05) is 30.3 Å². The maximum Gasteiger partial charge on any atom is 0.251 e. The largest absolute Gasteiger partial charge is 0.385 e. The molecule has 0 saturated carbocycles. The minimum absolute atomic E-state index is 0.0679. The van der Waals surface area contributed by atoms with E-state index in [0.29, 0.717) is 0 Å². The highest BCUT2D eigenvalue weighted by molar-refractivity contribution is 5.97. The lowest BCUT2D eigenvalue weighted by molar-refractivity contribution is 0.0937. The summed E-state index contributed by atoms with van der Waals surface area (Å²) in [6.07, 6.45) is 3.95. The molecule has 1 heterocycles. The van der Waals surface area contributed by atoms with Gasteiger partial charge in [-0.2, -0.15) is 0 Å². The SMILES string of the molecule is O=C(NC1Cc2ccccc2C1)c1cccc2c1CCCN2. The Labute approximate surface area is 130 Å². The number of carbonyl (C=O) groups is 1. The molecule has 0 radical (unpaired) electrons. The van der Waals surface area contributed by atoms with Gasteiger partial charge in [-0.15, -0.1) is 0 Å². The molecule has 0 fully saturated rings. The summed E-state index contributed by atoms with van der Waals surface area (Å²) in [6.45, 7) is 0.996. The Balaban J connectivity index is 1.52. The van der Waals surface area contributed by atoms with Crippen LogP contribution in [0.1, 0.15) is 33.5 Å². The third-order valence-corrected chi connectivity index (χ3v) is 4.73. The van der Waals surface area contributed by atoms with Crippen molar-refractivity contribution in [1.29, 1.82) is 0 Å². The third-order valence-electron chi connectivity index (χ3n) is 4.73. The van der Waals surface area contributed by atoms with Crippen molar-refractivity contribution in [1.82, 2.24) is 5.32 Å². The number of amides is 1. The van der Waals surface area contributed by atoms with Gasteiger partial charge in [0.15, 0.2) is 0 Å². The summed E-state index contributed by atoms with van der Waals surface area (Å²) in [6, 6.07) is 14.7. The van der Waals surface area contributed by atoms with E-state index < -0.39 is 0 Å². The predicted molar refractivity (Wildman–Crippen MR) is 88.4 cm³/mol. The second-order valence-electron chi connectivity index (χ2n) is 6.21. The molecule has 22 heavy (non-hydrogen) atoms. The normalized spacial score (nSPS) is 16.5. The summed E-state index contributed by atoms with van der Waals surface area (Å²) in [5, 5.41) is 6.61. The van der Waals surface area contributed by atoms with Crippen LogP contribution in [0.25, 0.3) is 0 Å².